The largest absolute Gasteiger partial charge is 0.491 e. The van der Waals surface area contributed by atoms with Gasteiger partial charge in [-0.3, -0.25) is 0 Å². The maximum atomic E-state index is 6.10. The highest BCUT2D eigenvalue weighted by atomic mass is 35.5. The van der Waals surface area contributed by atoms with Gasteiger partial charge in [-0.25, -0.2) is 0 Å². The van der Waals surface area contributed by atoms with E-state index in [-0.39, 0.29) is 6.10 Å². The van der Waals surface area contributed by atoms with Gasteiger partial charge < -0.3 is 10.1 Å². The van der Waals surface area contributed by atoms with Crippen LogP contribution in [0.3, 0.4) is 0 Å². The summed E-state index contributed by atoms with van der Waals surface area (Å²) in [5, 5.41) is 4.27. The lowest BCUT2D eigenvalue weighted by Gasteiger charge is -2.16. The van der Waals surface area contributed by atoms with Gasteiger partial charge in [-0.2, -0.15) is 0 Å². The molecule has 0 saturated heterocycles. The molecule has 0 aliphatic heterocycles. The number of benzene rings is 1. The molecule has 0 amide bonds. The van der Waals surface area contributed by atoms with E-state index in [1.165, 1.54) is 25.7 Å². The number of allylic oxidation sites excluding steroid dienone is 1. The minimum Gasteiger partial charge on any atom is -0.491 e. The second-order valence-electron chi connectivity index (χ2n) is 5.95. The van der Waals surface area contributed by atoms with E-state index < -0.39 is 0 Å². The van der Waals surface area contributed by atoms with Gasteiger partial charge in [-0.15, -0.1) is 0 Å². The summed E-state index contributed by atoms with van der Waals surface area (Å²) in [5.41, 5.74) is 2.74. The molecular formula is C18H26ClNO. The van der Waals surface area contributed by atoms with Crippen molar-refractivity contribution in [1.82, 2.24) is 5.32 Å². The van der Waals surface area contributed by atoms with Crippen LogP contribution in [-0.2, 0) is 6.54 Å². The van der Waals surface area contributed by atoms with Crippen molar-refractivity contribution in [2.45, 2.75) is 58.6 Å². The van der Waals surface area contributed by atoms with Gasteiger partial charge in [0.2, 0.25) is 0 Å². The Morgan fingerprint density at radius 2 is 2.14 bits per heavy atom. The van der Waals surface area contributed by atoms with Gasteiger partial charge in [0.25, 0.3) is 0 Å². The number of ether oxygens (including phenoxy) is 1. The molecule has 1 N–H and O–H groups in total. The van der Waals surface area contributed by atoms with Crippen LogP contribution in [0.25, 0.3) is 0 Å². The molecule has 2 rings (SSSR count). The second kappa shape index (κ2) is 8.45. The minimum absolute atomic E-state index is 0.178. The molecule has 0 fully saturated rings. The van der Waals surface area contributed by atoms with E-state index in [2.05, 4.69) is 11.4 Å². The summed E-state index contributed by atoms with van der Waals surface area (Å²) in [6.45, 7) is 5.90. The first kappa shape index (κ1) is 16.4. The molecule has 116 valence electrons. The summed E-state index contributed by atoms with van der Waals surface area (Å²) in [7, 11) is 0. The van der Waals surface area contributed by atoms with Gasteiger partial charge in [-0.1, -0.05) is 23.3 Å². The molecule has 1 aromatic rings. The first-order chi connectivity index (χ1) is 10.1. The van der Waals surface area contributed by atoms with Crippen LogP contribution in [0.5, 0.6) is 5.75 Å². The molecule has 0 bridgehead atoms. The lowest BCUT2D eigenvalue weighted by molar-refractivity contribution is 0.239. The molecule has 0 saturated carbocycles. The molecular weight excluding hydrogens is 282 g/mol. The van der Waals surface area contributed by atoms with Crippen molar-refractivity contribution in [3.8, 4) is 5.75 Å². The summed E-state index contributed by atoms with van der Waals surface area (Å²) < 4.78 is 5.84. The average molecular weight is 308 g/mol. The quantitative estimate of drug-likeness (QED) is 0.558. The van der Waals surface area contributed by atoms with E-state index in [1.807, 2.05) is 32.0 Å². The van der Waals surface area contributed by atoms with Crippen molar-refractivity contribution in [3.63, 3.8) is 0 Å². The van der Waals surface area contributed by atoms with Crippen molar-refractivity contribution in [2.24, 2.45) is 0 Å². The zero-order chi connectivity index (χ0) is 15.1. The Morgan fingerprint density at radius 1 is 1.29 bits per heavy atom. The Hall–Kier alpha value is -0.990. The van der Waals surface area contributed by atoms with Crippen molar-refractivity contribution in [1.29, 1.82) is 0 Å². The third-order valence-electron chi connectivity index (χ3n) is 3.71. The van der Waals surface area contributed by atoms with Gasteiger partial charge >= 0.3 is 0 Å². The van der Waals surface area contributed by atoms with Crippen LogP contribution in [0.4, 0.5) is 0 Å². The van der Waals surface area contributed by atoms with E-state index in [1.54, 1.807) is 5.57 Å². The van der Waals surface area contributed by atoms with Crippen LogP contribution in [0.2, 0.25) is 5.02 Å². The van der Waals surface area contributed by atoms with Crippen LogP contribution >= 0.6 is 11.6 Å². The number of nitrogens with one attached hydrogen (secondary N) is 1. The highest BCUT2D eigenvalue weighted by molar-refractivity contribution is 6.30. The lowest BCUT2D eigenvalue weighted by atomic mass is 9.97. The lowest BCUT2D eigenvalue weighted by Crippen LogP contribution is -2.17. The maximum Gasteiger partial charge on any atom is 0.124 e. The molecule has 0 aromatic heterocycles. The number of rotatable bonds is 7. The zero-order valence-corrected chi connectivity index (χ0v) is 13.9. The van der Waals surface area contributed by atoms with E-state index in [0.29, 0.717) is 0 Å². The minimum atomic E-state index is 0.178. The van der Waals surface area contributed by atoms with E-state index in [0.717, 1.165) is 35.8 Å². The summed E-state index contributed by atoms with van der Waals surface area (Å²) in [5.74, 6) is 0.929. The van der Waals surface area contributed by atoms with E-state index >= 15 is 0 Å². The fourth-order valence-electron chi connectivity index (χ4n) is 2.66. The summed E-state index contributed by atoms with van der Waals surface area (Å²) >= 11 is 6.10. The SMILES string of the molecule is CC(C)Oc1ccc(Cl)cc1CNCCC1=CCCCC1. The van der Waals surface area contributed by atoms with E-state index in [9.17, 15) is 0 Å². The van der Waals surface area contributed by atoms with Crippen LogP contribution in [0, 0.1) is 0 Å². The Kier molecular flexibility index (Phi) is 6.59. The third kappa shape index (κ3) is 5.72. The zero-order valence-electron chi connectivity index (χ0n) is 13.1. The molecule has 3 heteroatoms. The summed E-state index contributed by atoms with van der Waals surface area (Å²) in [4.78, 5) is 0. The Labute approximate surface area is 133 Å². The standard InChI is InChI=1S/C18H26ClNO/c1-14(2)21-18-9-8-17(19)12-16(18)13-20-11-10-15-6-4-3-5-7-15/h6,8-9,12,14,20H,3-5,7,10-11,13H2,1-2H3. The first-order valence-corrected chi connectivity index (χ1v) is 8.36. The average Bonchev–Trinajstić information content (AvgIpc) is 2.47. The predicted octanol–water partition coefficient (Wildman–Crippen LogP) is 5.11. The molecule has 0 unspecified atom stereocenters. The Bertz CT molecular complexity index is 482. The predicted molar refractivity (Wildman–Crippen MR) is 90.1 cm³/mol. The highest BCUT2D eigenvalue weighted by Gasteiger charge is 2.07. The third-order valence-corrected chi connectivity index (χ3v) is 3.94. The first-order valence-electron chi connectivity index (χ1n) is 7.99. The van der Waals surface area contributed by atoms with Gasteiger partial charge in [0.1, 0.15) is 5.75 Å². The van der Waals surface area contributed by atoms with Crippen molar-refractivity contribution < 1.29 is 4.74 Å². The summed E-state index contributed by atoms with van der Waals surface area (Å²) in [6, 6.07) is 5.84. The normalized spacial score (nSPS) is 15.1. The van der Waals surface area contributed by atoms with Gasteiger partial charge in [0, 0.05) is 17.1 Å². The number of halogens is 1. The molecule has 1 aliphatic rings. The monoisotopic (exact) mass is 307 g/mol. The smallest absolute Gasteiger partial charge is 0.124 e. The Morgan fingerprint density at radius 3 is 2.86 bits per heavy atom. The van der Waals surface area contributed by atoms with Crippen LogP contribution in [0.15, 0.2) is 29.8 Å². The van der Waals surface area contributed by atoms with Crippen molar-refractivity contribution in [3.05, 3.63) is 40.4 Å². The van der Waals surface area contributed by atoms with Crippen molar-refractivity contribution in [2.75, 3.05) is 6.54 Å². The molecule has 0 atom stereocenters. The molecule has 1 aromatic carbocycles. The molecule has 0 radical (unpaired) electrons. The van der Waals surface area contributed by atoms with Crippen LogP contribution < -0.4 is 10.1 Å². The highest BCUT2D eigenvalue weighted by Crippen LogP contribution is 2.24. The van der Waals surface area contributed by atoms with Gasteiger partial charge in [0.15, 0.2) is 0 Å². The fraction of sp³-hybridized carbons (Fsp3) is 0.556. The van der Waals surface area contributed by atoms with Crippen molar-refractivity contribution >= 4 is 11.6 Å². The second-order valence-corrected chi connectivity index (χ2v) is 6.39. The molecule has 2 nitrogen and oxygen atoms in total. The van der Waals surface area contributed by atoms with Crippen LogP contribution in [-0.4, -0.2) is 12.6 Å². The fourth-order valence-corrected chi connectivity index (χ4v) is 2.85. The Balaban J connectivity index is 1.84. The van der Waals surface area contributed by atoms with E-state index in [4.69, 9.17) is 16.3 Å². The number of hydrogen-bond acceptors (Lipinski definition) is 2. The molecule has 21 heavy (non-hydrogen) atoms. The topological polar surface area (TPSA) is 21.3 Å². The number of hydrogen-bond donors (Lipinski definition) is 1. The molecule has 1 aliphatic carbocycles. The van der Waals surface area contributed by atoms with Gasteiger partial charge in [-0.05, 0) is 70.7 Å². The summed E-state index contributed by atoms with van der Waals surface area (Å²) in [6.07, 6.45) is 8.99. The molecule has 0 heterocycles. The van der Waals surface area contributed by atoms with Gasteiger partial charge in [0.05, 0.1) is 6.10 Å². The maximum absolute atomic E-state index is 6.10. The van der Waals surface area contributed by atoms with Crippen LogP contribution in [0.1, 0.15) is 51.5 Å². The molecule has 0 spiro atoms.